The molecule has 2 unspecified atom stereocenters. The van der Waals surface area contributed by atoms with Crippen molar-refractivity contribution in [2.45, 2.75) is 58.8 Å². The molecule has 0 radical (unpaired) electrons. The zero-order valence-corrected chi connectivity index (χ0v) is 10.8. The standard InChI is InChI=1S/C9H22O2Si/c1-4-6-7-8(3)10-9(5-2)11-12/h8-9H,4-7H2,1-3,12H3. The average molecular weight is 190 g/mol. The molecule has 0 aliphatic rings. The van der Waals surface area contributed by atoms with Gasteiger partial charge in [0, 0.05) is 0 Å². The van der Waals surface area contributed by atoms with Gasteiger partial charge in [-0.1, -0.05) is 26.7 Å². The van der Waals surface area contributed by atoms with Gasteiger partial charge in [-0.05, 0) is 19.8 Å². The molecule has 0 saturated heterocycles. The van der Waals surface area contributed by atoms with E-state index in [1.807, 2.05) is 0 Å². The van der Waals surface area contributed by atoms with Gasteiger partial charge >= 0.3 is 0 Å². The van der Waals surface area contributed by atoms with Gasteiger partial charge < -0.3 is 9.16 Å². The molecule has 0 spiro atoms. The Morgan fingerprint density at radius 3 is 2.42 bits per heavy atom. The van der Waals surface area contributed by atoms with Crippen LogP contribution in [0.5, 0.6) is 0 Å². The topological polar surface area (TPSA) is 18.5 Å². The van der Waals surface area contributed by atoms with Crippen molar-refractivity contribution in [3.05, 3.63) is 0 Å². The summed E-state index contributed by atoms with van der Waals surface area (Å²) in [6.07, 6.45) is 5.00. The minimum atomic E-state index is 0.0449. The lowest BCUT2D eigenvalue weighted by Gasteiger charge is -2.20. The van der Waals surface area contributed by atoms with Crippen molar-refractivity contribution in [2.75, 3.05) is 0 Å². The normalized spacial score (nSPS) is 16.2. The van der Waals surface area contributed by atoms with Crippen molar-refractivity contribution in [1.29, 1.82) is 0 Å². The number of ether oxygens (including phenoxy) is 1. The van der Waals surface area contributed by atoms with Crippen LogP contribution in [-0.4, -0.2) is 22.9 Å². The summed E-state index contributed by atoms with van der Waals surface area (Å²) in [4.78, 5) is 0. The molecular formula is C9H22O2Si. The molecular weight excluding hydrogens is 168 g/mol. The molecule has 0 fully saturated rings. The first-order chi connectivity index (χ1) is 5.74. The quantitative estimate of drug-likeness (QED) is 0.448. The molecule has 0 saturated carbocycles. The fraction of sp³-hybridized carbons (Fsp3) is 1.00. The van der Waals surface area contributed by atoms with E-state index in [2.05, 4.69) is 20.8 Å². The molecule has 0 N–H and O–H groups in total. The second-order valence-corrected chi connectivity index (χ2v) is 3.63. The Labute approximate surface area is 79.2 Å². The summed E-state index contributed by atoms with van der Waals surface area (Å²) in [5.41, 5.74) is 0. The van der Waals surface area contributed by atoms with Crippen LogP contribution in [0.2, 0.25) is 0 Å². The summed E-state index contributed by atoms with van der Waals surface area (Å²) in [7, 11) is 0.767. The third kappa shape index (κ3) is 5.74. The molecule has 2 atom stereocenters. The van der Waals surface area contributed by atoms with Gasteiger partial charge in [0.1, 0.15) is 16.8 Å². The highest BCUT2D eigenvalue weighted by Gasteiger charge is 2.08. The Bertz CT molecular complexity index is 94.5. The fourth-order valence-electron chi connectivity index (χ4n) is 1.14. The molecule has 0 aliphatic carbocycles. The largest absolute Gasteiger partial charge is 0.404 e. The Morgan fingerprint density at radius 1 is 1.33 bits per heavy atom. The van der Waals surface area contributed by atoms with E-state index >= 15 is 0 Å². The second-order valence-electron chi connectivity index (χ2n) is 3.16. The van der Waals surface area contributed by atoms with Gasteiger partial charge in [0.15, 0.2) is 0 Å². The summed E-state index contributed by atoms with van der Waals surface area (Å²) in [6.45, 7) is 6.42. The van der Waals surface area contributed by atoms with E-state index in [1.165, 1.54) is 12.8 Å². The van der Waals surface area contributed by atoms with Crippen LogP contribution in [0, 0.1) is 0 Å². The predicted molar refractivity (Wildman–Crippen MR) is 55.2 cm³/mol. The van der Waals surface area contributed by atoms with E-state index in [1.54, 1.807) is 0 Å². The second kappa shape index (κ2) is 7.77. The molecule has 74 valence electrons. The van der Waals surface area contributed by atoms with Crippen LogP contribution in [0.1, 0.15) is 46.5 Å². The van der Waals surface area contributed by atoms with Crippen molar-refractivity contribution in [1.82, 2.24) is 0 Å². The van der Waals surface area contributed by atoms with Crippen molar-refractivity contribution in [3.8, 4) is 0 Å². The average Bonchev–Trinajstić information content (AvgIpc) is 2.10. The van der Waals surface area contributed by atoms with Crippen molar-refractivity contribution in [2.24, 2.45) is 0 Å². The van der Waals surface area contributed by atoms with Gasteiger partial charge in [-0.25, -0.2) is 0 Å². The van der Waals surface area contributed by atoms with Crippen LogP contribution < -0.4 is 0 Å². The molecule has 0 bridgehead atoms. The van der Waals surface area contributed by atoms with E-state index < -0.39 is 0 Å². The van der Waals surface area contributed by atoms with E-state index in [0.717, 1.165) is 23.3 Å². The maximum absolute atomic E-state index is 5.66. The van der Waals surface area contributed by atoms with Gasteiger partial charge in [0.05, 0.1) is 6.10 Å². The fourth-order valence-corrected chi connectivity index (χ4v) is 1.58. The summed E-state index contributed by atoms with van der Waals surface area (Å²) < 4.78 is 10.9. The Balaban J connectivity index is 3.44. The van der Waals surface area contributed by atoms with Gasteiger partial charge in [-0.3, -0.25) is 0 Å². The molecule has 0 heterocycles. The number of hydrogen-bond donors (Lipinski definition) is 0. The van der Waals surface area contributed by atoms with Gasteiger partial charge in [0.25, 0.3) is 0 Å². The van der Waals surface area contributed by atoms with Crippen molar-refractivity contribution >= 4 is 10.5 Å². The van der Waals surface area contributed by atoms with Crippen molar-refractivity contribution < 1.29 is 9.16 Å². The summed E-state index contributed by atoms with van der Waals surface area (Å²) in [6, 6.07) is 0. The number of rotatable bonds is 7. The van der Waals surface area contributed by atoms with Crippen LogP contribution in [-0.2, 0) is 9.16 Å². The zero-order chi connectivity index (χ0) is 9.40. The highest BCUT2D eigenvalue weighted by Crippen LogP contribution is 2.08. The van der Waals surface area contributed by atoms with Crippen molar-refractivity contribution in [3.63, 3.8) is 0 Å². The first-order valence-electron chi connectivity index (χ1n) is 4.92. The summed E-state index contributed by atoms with van der Waals surface area (Å²) in [5, 5.41) is 0. The Kier molecular flexibility index (Phi) is 7.86. The molecule has 2 nitrogen and oxygen atoms in total. The predicted octanol–water partition coefficient (Wildman–Crippen LogP) is 1.61. The Morgan fingerprint density at radius 2 is 2.00 bits per heavy atom. The summed E-state index contributed by atoms with van der Waals surface area (Å²) >= 11 is 0. The lowest BCUT2D eigenvalue weighted by atomic mass is 10.2. The molecule has 0 amide bonds. The number of unbranched alkanes of at least 4 members (excludes halogenated alkanes) is 1. The van der Waals surface area contributed by atoms with Crippen LogP contribution in [0.15, 0.2) is 0 Å². The van der Waals surface area contributed by atoms with E-state index in [-0.39, 0.29) is 6.29 Å². The van der Waals surface area contributed by atoms with E-state index in [0.29, 0.717) is 6.10 Å². The summed E-state index contributed by atoms with van der Waals surface area (Å²) in [5.74, 6) is 0. The van der Waals surface area contributed by atoms with E-state index in [9.17, 15) is 0 Å². The van der Waals surface area contributed by atoms with Gasteiger partial charge in [-0.2, -0.15) is 0 Å². The minimum Gasteiger partial charge on any atom is -0.404 e. The van der Waals surface area contributed by atoms with Gasteiger partial charge in [-0.15, -0.1) is 0 Å². The third-order valence-electron chi connectivity index (χ3n) is 1.94. The highest BCUT2D eigenvalue weighted by molar-refractivity contribution is 5.98. The first-order valence-corrected chi connectivity index (χ1v) is 5.74. The molecule has 0 rings (SSSR count). The highest BCUT2D eigenvalue weighted by atomic mass is 28.2. The first kappa shape index (κ1) is 12.1. The molecule has 0 aliphatic heterocycles. The minimum absolute atomic E-state index is 0.0449. The SMILES string of the molecule is CCCCC(C)OC(CC)O[SiH3]. The van der Waals surface area contributed by atoms with Crippen LogP contribution in [0.3, 0.4) is 0 Å². The monoisotopic (exact) mass is 190 g/mol. The zero-order valence-electron chi connectivity index (χ0n) is 8.80. The van der Waals surface area contributed by atoms with Crippen LogP contribution >= 0.6 is 0 Å². The molecule has 0 aromatic carbocycles. The maximum Gasteiger partial charge on any atom is 0.149 e. The maximum atomic E-state index is 5.66. The molecule has 0 aromatic heterocycles. The Hall–Kier alpha value is 0.137. The molecule has 12 heavy (non-hydrogen) atoms. The van der Waals surface area contributed by atoms with Gasteiger partial charge in [0.2, 0.25) is 0 Å². The smallest absolute Gasteiger partial charge is 0.149 e. The van der Waals surface area contributed by atoms with Crippen LogP contribution in [0.25, 0.3) is 0 Å². The lowest BCUT2D eigenvalue weighted by molar-refractivity contribution is -0.114. The molecule has 0 aromatic rings. The van der Waals surface area contributed by atoms with Crippen LogP contribution in [0.4, 0.5) is 0 Å². The third-order valence-corrected chi connectivity index (χ3v) is 2.47. The molecule has 3 heteroatoms. The van der Waals surface area contributed by atoms with E-state index in [4.69, 9.17) is 9.16 Å². The lowest BCUT2D eigenvalue weighted by Crippen LogP contribution is -2.21. The number of hydrogen-bond acceptors (Lipinski definition) is 2.